The molecule has 0 saturated carbocycles. The predicted molar refractivity (Wildman–Crippen MR) is 73.7 cm³/mol. The number of rotatable bonds is 2. The van der Waals surface area contributed by atoms with Crippen molar-refractivity contribution in [3.8, 4) is 0 Å². The molecule has 0 atom stereocenters. The normalized spacial score (nSPS) is 10.3. The van der Waals surface area contributed by atoms with Crippen LogP contribution in [0.4, 0.5) is 5.69 Å². The monoisotopic (exact) mass is 277 g/mol. The van der Waals surface area contributed by atoms with E-state index in [0.717, 1.165) is 0 Å². The minimum atomic E-state index is -0.511. The number of aromatic nitrogens is 2. The van der Waals surface area contributed by atoms with E-state index in [2.05, 4.69) is 15.5 Å². The van der Waals surface area contributed by atoms with Crippen LogP contribution in [0.3, 0.4) is 0 Å². The lowest BCUT2D eigenvalue weighted by molar-refractivity contribution is 0.102. The standard InChI is InChI=1S/C13H12ClN3O2/c1-7-8(2)16-17-13(19)11(7)12(18)15-10-5-3-4-9(14)6-10/h3-6H,1-2H3,(H,15,18)(H,17,19). The Morgan fingerprint density at radius 2 is 2.11 bits per heavy atom. The number of carbonyl (C=O) groups excluding carboxylic acids is 1. The van der Waals surface area contributed by atoms with E-state index in [4.69, 9.17) is 11.6 Å². The van der Waals surface area contributed by atoms with Crippen molar-refractivity contribution in [2.45, 2.75) is 13.8 Å². The van der Waals surface area contributed by atoms with E-state index in [1.54, 1.807) is 38.1 Å². The van der Waals surface area contributed by atoms with Crippen molar-refractivity contribution in [3.05, 3.63) is 56.5 Å². The molecule has 5 nitrogen and oxygen atoms in total. The molecule has 1 amide bonds. The molecule has 0 unspecified atom stereocenters. The molecule has 0 spiro atoms. The van der Waals surface area contributed by atoms with Crippen LogP contribution in [0.1, 0.15) is 21.6 Å². The third-order valence-electron chi connectivity index (χ3n) is 2.78. The summed E-state index contributed by atoms with van der Waals surface area (Å²) in [6.07, 6.45) is 0. The molecule has 98 valence electrons. The molecule has 1 aromatic heterocycles. The third kappa shape index (κ3) is 2.82. The first-order valence-electron chi connectivity index (χ1n) is 5.62. The molecule has 0 saturated heterocycles. The maximum absolute atomic E-state index is 12.1. The fourth-order valence-electron chi connectivity index (χ4n) is 1.66. The number of nitrogens with zero attached hydrogens (tertiary/aromatic N) is 1. The number of anilines is 1. The van der Waals surface area contributed by atoms with Crippen LogP contribution in [-0.2, 0) is 0 Å². The first kappa shape index (κ1) is 13.3. The number of amides is 1. The summed E-state index contributed by atoms with van der Waals surface area (Å²) in [4.78, 5) is 23.8. The van der Waals surface area contributed by atoms with Gasteiger partial charge in [0.15, 0.2) is 0 Å². The van der Waals surface area contributed by atoms with E-state index in [1.165, 1.54) is 0 Å². The highest BCUT2D eigenvalue weighted by molar-refractivity contribution is 6.30. The molecule has 0 fully saturated rings. The molecule has 2 N–H and O–H groups in total. The average Bonchev–Trinajstić information content (AvgIpc) is 2.34. The minimum absolute atomic E-state index is 0.0625. The first-order valence-corrected chi connectivity index (χ1v) is 5.99. The Kier molecular flexibility index (Phi) is 3.66. The van der Waals surface area contributed by atoms with Crippen LogP contribution < -0.4 is 10.9 Å². The van der Waals surface area contributed by atoms with Crippen LogP contribution in [0.5, 0.6) is 0 Å². The van der Waals surface area contributed by atoms with Crippen molar-refractivity contribution in [1.82, 2.24) is 10.2 Å². The molecular formula is C13H12ClN3O2. The molecule has 1 heterocycles. The fraction of sp³-hybridized carbons (Fsp3) is 0.154. The van der Waals surface area contributed by atoms with Crippen LogP contribution >= 0.6 is 11.6 Å². The molecule has 0 radical (unpaired) electrons. The maximum Gasteiger partial charge on any atom is 0.277 e. The highest BCUT2D eigenvalue weighted by atomic mass is 35.5. The predicted octanol–water partition coefficient (Wildman–Crippen LogP) is 2.29. The third-order valence-corrected chi connectivity index (χ3v) is 3.01. The van der Waals surface area contributed by atoms with Crippen LogP contribution in [0.15, 0.2) is 29.1 Å². The number of hydrogen-bond donors (Lipinski definition) is 2. The number of nitrogens with one attached hydrogen (secondary N) is 2. The topological polar surface area (TPSA) is 74.8 Å². The molecule has 0 aliphatic rings. The molecule has 0 aliphatic carbocycles. The second kappa shape index (κ2) is 5.24. The first-order chi connectivity index (χ1) is 8.99. The van der Waals surface area contributed by atoms with E-state index in [0.29, 0.717) is 22.0 Å². The van der Waals surface area contributed by atoms with Crippen molar-refractivity contribution in [1.29, 1.82) is 0 Å². The van der Waals surface area contributed by atoms with Crippen molar-refractivity contribution < 1.29 is 4.79 Å². The zero-order chi connectivity index (χ0) is 14.0. The van der Waals surface area contributed by atoms with E-state index in [-0.39, 0.29) is 5.56 Å². The van der Waals surface area contributed by atoms with Gasteiger partial charge in [-0.3, -0.25) is 9.59 Å². The summed E-state index contributed by atoms with van der Waals surface area (Å²) >= 11 is 5.83. The largest absolute Gasteiger partial charge is 0.322 e. The number of aryl methyl sites for hydroxylation is 1. The number of hydrogen-bond acceptors (Lipinski definition) is 3. The Morgan fingerprint density at radius 1 is 1.37 bits per heavy atom. The molecular weight excluding hydrogens is 266 g/mol. The van der Waals surface area contributed by atoms with Crippen molar-refractivity contribution in [2.24, 2.45) is 0 Å². The molecule has 19 heavy (non-hydrogen) atoms. The van der Waals surface area contributed by atoms with Crippen LogP contribution in [0.25, 0.3) is 0 Å². The SMILES string of the molecule is Cc1n[nH]c(=O)c(C(=O)Nc2cccc(Cl)c2)c1C. The molecule has 1 aromatic carbocycles. The summed E-state index contributed by atoms with van der Waals surface area (Å²) in [5, 5.41) is 9.24. The Bertz CT molecular complexity index is 695. The fourth-order valence-corrected chi connectivity index (χ4v) is 1.85. The van der Waals surface area contributed by atoms with Gasteiger partial charge in [0, 0.05) is 10.7 Å². The van der Waals surface area contributed by atoms with E-state index in [1.807, 2.05) is 0 Å². The van der Waals surface area contributed by atoms with Crippen LogP contribution in [0, 0.1) is 13.8 Å². The van der Waals surface area contributed by atoms with Gasteiger partial charge in [-0.25, -0.2) is 5.10 Å². The lowest BCUT2D eigenvalue weighted by Crippen LogP contribution is -2.26. The van der Waals surface area contributed by atoms with Crippen molar-refractivity contribution in [3.63, 3.8) is 0 Å². The second-order valence-electron chi connectivity index (χ2n) is 4.10. The Hall–Kier alpha value is -2.14. The number of H-pyrrole nitrogens is 1. The molecule has 6 heteroatoms. The van der Waals surface area contributed by atoms with Gasteiger partial charge in [-0.05, 0) is 37.6 Å². The second-order valence-corrected chi connectivity index (χ2v) is 4.54. The van der Waals surface area contributed by atoms with Gasteiger partial charge < -0.3 is 5.32 Å². The number of carbonyl (C=O) groups is 1. The molecule has 2 rings (SSSR count). The van der Waals surface area contributed by atoms with Gasteiger partial charge in [0.05, 0.1) is 5.69 Å². The summed E-state index contributed by atoms with van der Waals surface area (Å²) in [6.45, 7) is 3.41. The van der Waals surface area contributed by atoms with Gasteiger partial charge >= 0.3 is 0 Å². The molecule has 0 bridgehead atoms. The lowest BCUT2D eigenvalue weighted by Gasteiger charge is -2.08. The number of aromatic amines is 1. The zero-order valence-electron chi connectivity index (χ0n) is 10.5. The van der Waals surface area contributed by atoms with Crippen molar-refractivity contribution >= 4 is 23.2 Å². The minimum Gasteiger partial charge on any atom is -0.322 e. The van der Waals surface area contributed by atoms with Gasteiger partial charge in [-0.2, -0.15) is 5.10 Å². The van der Waals surface area contributed by atoms with Gasteiger partial charge in [0.25, 0.3) is 11.5 Å². The Balaban J connectivity index is 2.36. The summed E-state index contributed by atoms with van der Waals surface area (Å²) in [5.74, 6) is -0.480. The van der Waals surface area contributed by atoms with Gasteiger partial charge in [0.1, 0.15) is 5.56 Å². The number of halogens is 1. The lowest BCUT2D eigenvalue weighted by atomic mass is 10.1. The van der Waals surface area contributed by atoms with Crippen LogP contribution in [-0.4, -0.2) is 16.1 Å². The van der Waals surface area contributed by atoms with Gasteiger partial charge in [0.2, 0.25) is 0 Å². The van der Waals surface area contributed by atoms with E-state index < -0.39 is 11.5 Å². The smallest absolute Gasteiger partial charge is 0.277 e. The number of benzene rings is 1. The Morgan fingerprint density at radius 3 is 2.79 bits per heavy atom. The average molecular weight is 278 g/mol. The summed E-state index contributed by atoms with van der Waals surface area (Å²) in [7, 11) is 0. The zero-order valence-corrected chi connectivity index (χ0v) is 11.2. The van der Waals surface area contributed by atoms with E-state index >= 15 is 0 Å². The quantitative estimate of drug-likeness (QED) is 0.884. The van der Waals surface area contributed by atoms with E-state index in [9.17, 15) is 9.59 Å². The van der Waals surface area contributed by atoms with Gasteiger partial charge in [-0.15, -0.1) is 0 Å². The van der Waals surface area contributed by atoms with Crippen molar-refractivity contribution in [2.75, 3.05) is 5.32 Å². The summed E-state index contributed by atoms with van der Waals surface area (Å²) in [5.41, 5.74) is 1.25. The molecule has 2 aromatic rings. The van der Waals surface area contributed by atoms with Gasteiger partial charge in [-0.1, -0.05) is 17.7 Å². The highest BCUT2D eigenvalue weighted by Crippen LogP contribution is 2.16. The summed E-state index contributed by atoms with van der Waals surface area (Å²) in [6, 6.07) is 6.72. The maximum atomic E-state index is 12.1. The summed E-state index contributed by atoms with van der Waals surface area (Å²) < 4.78 is 0. The Labute approximate surface area is 114 Å². The van der Waals surface area contributed by atoms with Crippen LogP contribution in [0.2, 0.25) is 5.02 Å². The highest BCUT2D eigenvalue weighted by Gasteiger charge is 2.16. The molecule has 0 aliphatic heterocycles.